The fraction of sp³-hybridized carbons (Fsp3) is 0.333. The van der Waals surface area contributed by atoms with Gasteiger partial charge in [-0.2, -0.15) is 5.10 Å². The van der Waals surface area contributed by atoms with Crippen molar-refractivity contribution in [2.24, 2.45) is 0 Å². The van der Waals surface area contributed by atoms with Crippen LogP contribution in [-0.4, -0.2) is 35.6 Å². The lowest BCUT2D eigenvalue weighted by Gasteiger charge is -2.09. The first-order valence-electron chi connectivity index (χ1n) is 8.36. The molecule has 1 aromatic carbocycles. The van der Waals surface area contributed by atoms with Crippen LogP contribution in [0.5, 0.6) is 0 Å². The molecule has 1 saturated heterocycles. The Kier molecular flexibility index (Phi) is 5.39. The van der Waals surface area contributed by atoms with E-state index >= 15 is 0 Å². The van der Waals surface area contributed by atoms with Gasteiger partial charge in [-0.3, -0.25) is 4.79 Å². The minimum absolute atomic E-state index is 0.0152. The van der Waals surface area contributed by atoms with E-state index in [9.17, 15) is 17.6 Å². The van der Waals surface area contributed by atoms with Gasteiger partial charge >= 0.3 is 0 Å². The minimum Gasteiger partial charge on any atom is -0.322 e. The van der Waals surface area contributed by atoms with Crippen molar-refractivity contribution in [3.05, 3.63) is 52.1 Å². The van der Waals surface area contributed by atoms with E-state index in [4.69, 9.17) is 11.6 Å². The number of hydrogen-bond donors (Lipinski definition) is 1. The molecule has 1 amide bonds. The molecule has 0 saturated carbocycles. The topological polar surface area (TPSA) is 81.1 Å². The van der Waals surface area contributed by atoms with Gasteiger partial charge in [-0.1, -0.05) is 11.6 Å². The highest BCUT2D eigenvalue weighted by atomic mass is 35.5. The molecule has 0 spiro atoms. The largest absolute Gasteiger partial charge is 0.322 e. The van der Waals surface area contributed by atoms with E-state index in [1.165, 1.54) is 29.0 Å². The van der Waals surface area contributed by atoms with Crippen molar-refractivity contribution in [2.45, 2.75) is 26.3 Å². The van der Waals surface area contributed by atoms with Crippen molar-refractivity contribution in [1.82, 2.24) is 9.78 Å². The van der Waals surface area contributed by atoms with E-state index in [1.807, 2.05) is 0 Å². The molecule has 0 aliphatic carbocycles. The highest BCUT2D eigenvalue weighted by molar-refractivity contribution is 7.91. The normalized spacial score (nSPS) is 18.9. The maximum atomic E-state index is 13.1. The fourth-order valence-electron chi connectivity index (χ4n) is 3.03. The molecular formula is C18H19ClFN3O3S. The van der Waals surface area contributed by atoms with Gasteiger partial charge in [-0.15, -0.1) is 0 Å². The van der Waals surface area contributed by atoms with Crippen LogP contribution >= 0.6 is 11.6 Å². The van der Waals surface area contributed by atoms with Crippen LogP contribution in [0.2, 0.25) is 5.15 Å². The first-order chi connectivity index (χ1) is 12.7. The molecular weight excluding hydrogens is 393 g/mol. The maximum absolute atomic E-state index is 13.1. The van der Waals surface area contributed by atoms with Crippen molar-refractivity contribution in [3.63, 3.8) is 0 Å². The third-order valence-corrected chi connectivity index (χ3v) is 6.60. The lowest BCUT2D eigenvalue weighted by molar-refractivity contribution is -0.111. The van der Waals surface area contributed by atoms with Gasteiger partial charge in [0.25, 0.3) is 0 Å². The van der Waals surface area contributed by atoms with Crippen molar-refractivity contribution in [3.8, 4) is 0 Å². The van der Waals surface area contributed by atoms with Gasteiger partial charge in [0.15, 0.2) is 9.84 Å². The zero-order valence-corrected chi connectivity index (χ0v) is 16.4. The Morgan fingerprint density at radius 3 is 2.78 bits per heavy atom. The highest BCUT2D eigenvalue weighted by Gasteiger charge is 2.31. The summed E-state index contributed by atoms with van der Waals surface area (Å²) in [5.74, 6) is -0.625. The molecule has 9 heteroatoms. The molecule has 3 rings (SSSR count). The van der Waals surface area contributed by atoms with Crippen molar-refractivity contribution >= 4 is 39.1 Å². The molecule has 1 aliphatic heterocycles. The van der Waals surface area contributed by atoms with E-state index in [0.29, 0.717) is 34.1 Å². The van der Waals surface area contributed by atoms with Crippen LogP contribution < -0.4 is 5.32 Å². The van der Waals surface area contributed by atoms with Gasteiger partial charge in [0.05, 0.1) is 23.2 Å². The van der Waals surface area contributed by atoms with Crippen molar-refractivity contribution < 1.29 is 17.6 Å². The Bertz CT molecular complexity index is 1030. The zero-order chi connectivity index (χ0) is 19.8. The second kappa shape index (κ2) is 7.44. The zero-order valence-electron chi connectivity index (χ0n) is 14.9. The van der Waals surface area contributed by atoms with Crippen LogP contribution in [0.15, 0.2) is 24.3 Å². The lowest BCUT2D eigenvalue weighted by Crippen LogP contribution is -2.12. The molecule has 0 bridgehead atoms. The predicted molar refractivity (Wildman–Crippen MR) is 103 cm³/mol. The van der Waals surface area contributed by atoms with Gasteiger partial charge in [0.2, 0.25) is 5.91 Å². The Morgan fingerprint density at radius 1 is 1.41 bits per heavy atom. The van der Waals surface area contributed by atoms with E-state index < -0.39 is 15.7 Å². The predicted octanol–water partition coefficient (Wildman–Crippen LogP) is 3.30. The molecule has 0 radical (unpaired) electrons. The van der Waals surface area contributed by atoms with Crippen LogP contribution in [0.1, 0.15) is 29.3 Å². The Balaban J connectivity index is 1.76. The summed E-state index contributed by atoms with van der Waals surface area (Å²) in [4.78, 5) is 12.2. The number of nitrogens with zero attached hydrogens (tertiary/aromatic N) is 2. The fourth-order valence-corrected chi connectivity index (χ4v) is 5.10. The Labute approximate surface area is 161 Å². The average Bonchev–Trinajstić information content (AvgIpc) is 3.07. The van der Waals surface area contributed by atoms with E-state index in [-0.39, 0.29) is 23.4 Å². The number of rotatable bonds is 4. The molecule has 144 valence electrons. The first-order valence-corrected chi connectivity index (χ1v) is 10.6. The van der Waals surface area contributed by atoms with Gasteiger partial charge < -0.3 is 5.32 Å². The Morgan fingerprint density at radius 2 is 2.15 bits per heavy atom. The quantitative estimate of drug-likeness (QED) is 0.782. The summed E-state index contributed by atoms with van der Waals surface area (Å²) in [5, 5.41) is 7.32. The number of aromatic nitrogens is 2. The maximum Gasteiger partial charge on any atom is 0.248 e. The molecule has 1 N–H and O–H groups in total. The monoisotopic (exact) mass is 411 g/mol. The first kappa shape index (κ1) is 19.6. The standard InChI is InChI=1S/C18H19ClFN3O3S/c1-11-9-13(20)3-5-16(11)21-17(24)6-4-15-12(2)22-23(18(15)19)14-7-8-27(25,26)10-14/h3-6,9,14H,7-8,10H2,1-2H3,(H,21,24)/b6-4+/t14-/m0/s1. The van der Waals surface area contributed by atoms with Crippen molar-refractivity contribution in [1.29, 1.82) is 0 Å². The summed E-state index contributed by atoms with van der Waals surface area (Å²) < 4.78 is 38.0. The van der Waals surface area contributed by atoms with E-state index in [1.54, 1.807) is 19.9 Å². The number of nitrogens with one attached hydrogen (secondary N) is 1. The molecule has 1 atom stereocenters. The molecule has 1 aliphatic rings. The summed E-state index contributed by atoms with van der Waals surface area (Å²) >= 11 is 6.37. The van der Waals surface area contributed by atoms with Gasteiger partial charge in [0, 0.05) is 17.3 Å². The Hall–Kier alpha value is -2.19. The van der Waals surface area contributed by atoms with Crippen LogP contribution in [0.25, 0.3) is 6.08 Å². The number of halogens is 2. The third-order valence-electron chi connectivity index (χ3n) is 4.47. The lowest BCUT2D eigenvalue weighted by atomic mass is 10.2. The number of benzene rings is 1. The molecule has 1 aromatic heterocycles. The number of carbonyl (C=O) groups is 1. The summed E-state index contributed by atoms with van der Waals surface area (Å²) in [6.45, 7) is 3.44. The number of anilines is 1. The molecule has 6 nitrogen and oxygen atoms in total. The molecule has 2 aromatic rings. The summed E-state index contributed by atoms with van der Waals surface area (Å²) in [7, 11) is -3.06. The van der Waals surface area contributed by atoms with Crippen LogP contribution in [0.3, 0.4) is 0 Å². The molecule has 0 unspecified atom stereocenters. The number of sulfone groups is 1. The third kappa shape index (κ3) is 4.39. The van der Waals surface area contributed by atoms with Gasteiger partial charge in [0.1, 0.15) is 11.0 Å². The SMILES string of the molecule is Cc1cc(F)ccc1NC(=O)/C=C/c1c(C)nn([C@H]2CCS(=O)(=O)C2)c1Cl. The summed E-state index contributed by atoms with van der Waals surface area (Å²) in [6.07, 6.45) is 3.32. The molecule has 1 fully saturated rings. The van der Waals surface area contributed by atoms with Crippen molar-refractivity contribution in [2.75, 3.05) is 16.8 Å². The number of carbonyl (C=O) groups excluding carboxylic acids is 1. The van der Waals surface area contributed by atoms with Crippen LogP contribution in [0.4, 0.5) is 10.1 Å². The van der Waals surface area contributed by atoms with Gasteiger partial charge in [-0.25, -0.2) is 17.5 Å². The molecule has 27 heavy (non-hydrogen) atoms. The number of amides is 1. The van der Waals surface area contributed by atoms with E-state index in [0.717, 1.165) is 0 Å². The average molecular weight is 412 g/mol. The van der Waals surface area contributed by atoms with E-state index in [2.05, 4.69) is 10.4 Å². The summed E-state index contributed by atoms with van der Waals surface area (Å²) in [5.41, 5.74) is 2.29. The summed E-state index contributed by atoms with van der Waals surface area (Å²) in [6, 6.07) is 3.80. The van der Waals surface area contributed by atoms with Gasteiger partial charge in [-0.05, 0) is 50.1 Å². The smallest absolute Gasteiger partial charge is 0.248 e. The number of hydrogen-bond acceptors (Lipinski definition) is 4. The van der Waals surface area contributed by atoms with Crippen LogP contribution in [0, 0.1) is 19.7 Å². The second-order valence-electron chi connectivity index (χ2n) is 6.57. The minimum atomic E-state index is -3.06. The second-order valence-corrected chi connectivity index (χ2v) is 9.16. The number of aryl methyl sites for hydroxylation is 2. The van der Waals surface area contributed by atoms with Crippen LogP contribution in [-0.2, 0) is 14.6 Å². The highest BCUT2D eigenvalue weighted by Crippen LogP contribution is 2.30. The molecule has 2 heterocycles.